The molecule has 1 heterocycles. The maximum Gasteiger partial charge on any atom is 0.261 e. The molecule has 0 aliphatic heterocycles. The molecule has 4 N–H and O–H groups in total. The van der Waals surface area contributed by atoms with Gasteiger partial charge in [-0.15, -0.1) is 0 Å². The molecule has 0 radical (unpaired) electrons. The van der Waals surface area contributed by atoms with Crippen molar-refractivity contribution in [1.82, 2.24) is 10.3 Å². The molecule has 0 fully saturated rings. The lowest BCUT2D eigenvalue weighted by molar-refractivity contribution is 0.0969. The molecule has 0 bridgehead atoms. The Hall–Kier alpha value is -2.56. The van der Waals surface area contributed by atoms with E-state index >= 15 is 0 Å². The summed E-state index contributed by atoms with van der Waals surface area (Å²) < 4.78 is 0. The number of amides is 1. The van der Waals surface area contributed by atoms with Crippen molar-refractivity contribution < 1.29 is 4.79 Å². The second kappa shape index (κ2) is 4.75. The van der Waals surface area contributed by atoms with Gasteiger partial charge in [-0.2, -0.15) is 0 Å². The molecule has 1 aromatic carbocycles. The van der Waals surface area contributed by atoms with Crippen LogP contribution in [-0.2, 0) is 0 Å². The van der Waals surface area contributed by atoms with Crippen molar-refractivity contribution >= 4 is 22.5 Å². The predicted molar refractivity (Wildman–Crippen MR) is 71.3 cm³/mol. The minimum Gasteiger partial charge on any atom is -0.398 e. The topological polar surface area (TPSA) is 88.0 Å². The first kappa shape index (κ1) is 11.9. The van der Waals surface area contributed by atoms with Crippen LogP contribution in [0.1, 0.15) is 17.3 Å². The van der Waals surface area contributed by atoms with Crippen molar-refractivity contribution in [2.45, 2.75) is 6.92 Å². The first-order valence-electron chi connectivity index (χ1n) is 5.47. The number of benzene rings is 1. The van der Waals surface area contributed by atoms with Crippen LogP contribution in [0.3, 0.4) is 0 Å². The fourth-order valence-electron chi connectivity index (χ4n) is 1.66. The smallest absolute Gasteiger partial charge is 0.261 e. The summed E-state index contributed by atoms with van der Waals surface area (Å²) in [5.41, 5.74) is 6.54. The Kier molecular flexibility index (Phi) is 3.14. The molecule has 1 aromatic heterocycles. The van der Waals surface area contributed by atoms with Crippen LogP contribution in [0.15, 0.2) is 41.3 Å². The van der Waals surface area contributed by atoms with Crippen LogP contribution in [0.5, 0.6) is 0 Å². The summed E-state index contributed by atoms with van der Waals surface area (Å²) in [5, 5.41) is 3.15. The molecule has 2 rings (SSSR count). The fourth-order valence-corrected chi connectivity index (χ4v) is 1.66. The molecular formula is C13H13N3O2. The van der Waals surface area contributed by atoms with Crippen molar-refractivity contribution in [2.75, 3.05) is 5.73 Å². The van der Waals surface area contributed by atoms with E-state index in [4.69, 9.17) is 5.73 Å². The van der Waals surface area contributed by atoms with Crippen LogP contribution in [0.25, 0.3) is 10.9 Å². The van der Waals surface area contributed by atoms with Crippen LogP contribution < -0.4 is 16.6 Å². The normalized spacial score (nSPS) is 10.9. The number of nitrogens with two attached hydrogens (primary N) is 1. The first-order valence-corrected chi connectivity index (χ1v) is 5.47. The predicted octanol–water partition coefficient (Wildman–Crippen LogP) is 1.37. The SMILES string of the molecule is C/C=C/NC(=O)c1cc2c(N)cccc2[nH]c1=O. The highest BCUT2D eigenvalue weighted by Gasteiger charge is 2.11. The third-order valence-corrected chi connectivity index (χ3v) is 2.55. The van der Waals surface area contributed by atoms with Crippen LogP contribution in [-0.4, -0.2) is 10.9 Å². The van der Waals surface area contributed by atoms with Crippen LogP contribution >= 0.6 is 0 Å². The van der Waals surface area contributed by atoms with Gasteiger partial charge in [-0.3, -0.25) is 9.59 Å². The Morgan fingerprint density at radius 2 is 2.22 bits per heavy atom. The lowest BCUT2D eigenvalue weighted by Crippen LogP contribution is -2.26. The summed E-state index contributed by atoms with van der Waals surface area (Å²) >= 11 is 0. The standard InChI is InChI=1S/C13H13N3O2/c1-2-6-15-12(17)9-7-8-10(14)4-3-5-11(8)16-13(9)18/h2-7H,14H2,1H3,(H,15,17)(H,16,18)/b6-2+. The van der Waals surface area contributed by atoms with Gasteiger partial charge in [0.1, 0.15) is 5.56 Å². The summed E-state index contributed by atoms with van der Waals surface area (Å²) in [7, 11) is 0. The van der Waals surface area contributed by atoms with E-state index in [2.05, 4.69) is 10.3 Å². The number of carbonyl (C=O) groups is 1. The van der Waals surface area contributed by atoms with Gasteiger partial charge in [0.05, 0.1) is 5.52 Å². The highest BCUT2D eigenvalue weighted by atomic mass is 16.2. The summed E-state index contributed by atoms with van der Waals surface area (Å²) in [6.45, 7) is 1.77. The molecule has 5 nitrogen and oxygen atoms in total. The number of fused-ring (bicyclic) bond motifs is 1. The van der Waals surface area contributed by atoms with Gasteiger partial charge < -0.3 is 16.0 Å². The van der Waals surface area contributed by atoms with E-state index in [0.29, 0.717) is 16.6 Å². The summed E-state index contributed by atoms with van der Waals surface area (Å²) in [6.07, 6.45) is 3.14. The number of aromatic amines is 1. The van der Waals surface area contributed by atoms with Crippen LogP contribution in [0, 0.1) is 0 Å². The molecule has 92 valence electrons. The molecular weight excluding hydrogens is 230 g/mol. The zero-order valence-electron chi connectivity index (χ0n) is 9.86. The van der Waals surface area contributed by atoms with Gasteiger partial charge in [0.2, 0.25) is 0 Å². The number of carbonyl (C=O) groups excluding carboxylic acids is 1. The van der Waals surface area contributed by atoms with Crippen LogP contribution in [0.4, 0.5) is 5.69 Å². The Morgan fingerprint density at radius 1 is 1.44 bits per heavy atom. The molecule has 0 saturated heterocycles. The number of hydrogen-bond donors (Lipinski definition) is 3. The number of anilines is 1. The van der Waals surface area contributed by atoms with E-state index in [1.165, 1.54) is 12.3 Å². The van der Waals surface area contributed by atoms with Gasteiger partial charge in [-0.05, 0) is 31.3 Å². The van der Waals surface area contributed by atoms with Crippen molar-refractivity contribution in [3.63, 3.8) is 0 Å². The summed E-state index contributed by atoms with van der Waals surface area (Å²) in [6, 6.07) is 6.70. The molecule has 0 atom stereocenters. The zero-order chi connectivity index (χ0) is 13.1. The molecule has 5 heteroatoms. The third kappa shape index (κ3) is 2.10. The van der Waals surface area contributed by atoms with E-state index in [-0.39, 0.29) is 5.56 Å². The second-order valence-corrected chi connectivity index (χ2v) is 3.79. The van der Waals surface area contributed by atoms with E-state index in [1.54, 1.807) is 31.2 Å². The van der Waals surface area contributed by atoms with Crippen LogP contribution in [0.2, 0.25) is 0 Å². The Balaban J connectivity index is 2.58. The van der Waals surface area contributed by atoms with E-state index in [1.807, 2.05) is 0 Å². The maximum atomic E-state index is 11.8. The highest BCUT2D eigenvalue weighted by Crippen LogP contribution is 2.18. The molecule has 0 spiro atoms. The zero-order valence-corrected chi connectivity index (χ0v) is 9.86. The number of pyridine rings is 1. The van der Waals surface area contributed by atoms with E-state index < -0.39 is 11.5 Å². The third-order valence-electron chi connectivity index (χ3n) is 2.55. The van der Waals surface area contributed by atoms with E-state index in [9.17, 15) is 9.59 Å². The number of rotatable bonds is 2. The van der Waals surface area contributed by atoms with Gasteiger partial charge in [0.25, 0.3) is 11.5 Å². The monoisotopic (exact) mass is 243 g/mol. The first-order chi connectivity index (χ1) is 8.63. The minimum atomic E-state index is -0.459. The van der Waals surface area contributed by atoms with Gasteiger partial charge in [0, 0.05) is 11.1 Å². The average Bonchev–Trinajstić information content (AvgIpc) is 2.35. The van der Waals surface area contributed by atoms with Crippen molar-refractivity contribution in [3.05, 3.63) is 52.5 Å². The number of hydrogen-bond acceptors (Lipinski definition) is 3. The Labute approximate surface area is 103 Å². The fraction of sp³-hybridized carbons (Fsp3) is 0.0769. The Morgan fingerprint density at radius 3 is 2.94 bits per heavy atom. The highest BCUT2D eigenvalue weighted by molar-refractivity contribution is 6.00. The molecule has 0 unspecified atom stereocenters. The van der Waals surface area contributed by atoms with Gasteiger partial charge >= 0.3 is 0 Å². The quantitative estimate of drug-likeness (QED) is 0.696. The van der Waals surface area contributed by atoms with E-state index in [0.717, 1.165) is 0 Å². The molecule has 18 heavy (non-hydrogen) atoms. The van der Waals surface area contributed by atoms with Crippen molar-refractivity contribution in [1.29, 1.82) is 0 Å². The Bertz CT molecular complexity index is 686. The van der Waals surface area contributed by atoms with Gasteiger partial charge in [-0.25, -0.2) is 0 Å². The molecule has 0 aliphatic carbocycles. The number of aromatic nitrogens is 1. The molecule has 0 aliphatic rings. The molecule has 0 saturated carbocycles. The minimum absolute atomic E-state index is 0.0403. The van der Waals surface area contributed by atoms with Crippen molar-refractivity contribution in [3.8, 4) is 0 Å². The average molecular weight is 243 g/mol. The lowest BCUT2D eigenvalue weighted by Gasteiger charge is -2.04. The number of H-pyrrole nitrogens is 1. The van der Waals surface area contributed by atoms with Gasteiger partial charge in [-0.1, -0.05) is 12.1 Å². The largest absolute Gasteiger partial charge is 0.398 e. The summed E-state index contributed by atoms with van der Waals surface area (Å²) in [5.74, 6) is -0.459. The summed E-state index contributed by atoms with van der Waals surface area (Å²) in [4.78, 5) is 26.2. The number of allylic oxidation sites excluding steroid dienone is 1. The number of nitrogen functional groups attached to an aromatic ring is 1. The lowest BCUT2D eigenvalue weighted by atomic mass is 10.1. The number of nitrogens with one attached hydrogen (secondary N) is 2. The van der Waals surface area contributed by atoms with Crippen molar-refractivity contribution in [2.24, 2.45) is 0 Å². The molecule has 2 aromatic rings. The second-order valence-electron chi connectivity index (χ2n) is 3.79. The maximum absolute atomic E-state index is 11.8. The molecule has 1 amide bonds. The van der Waals surface area contributed by atoms with Gasteiger partial charge in [0.15, 0.2) is 0 Å².